The van der Waals surface area contributed by atoms with Crippen molar-refractivity contribution < 1.29 is 23.5 Å². The van der Waals surface area contributed by atoms with Crippen molar-refractivity contribution in [2.45, 2.75) is 26.3 Å². The number of carbonyl (C=O) groups excluding carboxylic acids is 3. The molecule has 0 saturated carbocycles. The Morgan fingerprint density at radius 1 is 1.00 bits per heavy atom. The van der Waals surface area contributed by atoms with Crippen LogP contribution in [0.1, 0.15) is 30.0 Å². The van der Waals surface area contributed by atoms with E-state index in [-0.39, 0.29) is 23.7 Å². The molecular weight excluding hydrogens is 398 g/mol. The summed E-state index contributed by atoms with van der Waals surface area (Å²) in [5.41, 5.74) is 0.941. The number of nitrogens with zero attached hydrogens (tertiary/aromatic N) is 2. The minimum absolute atomic E-state index is 0.156. The first-order chi connectivity index (χ1) is 14.9. The van der Waals surface area contributed by atoms with Crippen molar-refractivity contribution in [1.82, 2.24) is 15.1 Å². The van der Waals surface area contributed by atoms with Crippen LogP contribution < -0.4 is 5.32 Å². The molecule has 0 aliphatic carbocycles. The van der Waals surface area contributed by atoms with Gasteiger partial charge >= 0.3 is 6.09 Å². The Labute approximate surface area is 182 Å². The highest BCUT2D eigenvalue weighted by Gasteiger charge is 2.31. The molecule has 1 aromatic heterocycles. The number of nitrogens with one attached hydrogen (secondary N) is 1. The highest BCUT2D eigenvalue weighted by molar-refractivity contribution is 5.95. The lowest BCUT2D eigenvalue weighted by molar-refractivity contribution is -0.134. The van der Waals surface area contributed by atoms with Gasteiger partial charge in [-0.3, -0.25) is 9.59 Å². The molecular formula is C23H29N3O5. The van der Waals surface area contributed by atoms with E-state index in [2.05, 4.69) is 5.32 Å². The molecule has 8 nitrogen and oxygen atoms in total. The van der Waals surface area contributed by atoms with E-state index < -0.39 is 11.9 Å². The predicted molar refractivity (Wildman–Crippen MR) is 114 cm³/mol. The molecule has 1 aromatic carbocycles. The van der Waals surface area contributed by atoms with Crippen LogP contribution in [0.5, 0.6) is 0 Å². The van der Waals surface area contributed by atoms with Gasteiger partial charge in [0.05, 0.1) is 12.9 Å². The van der Waals surface area contributed by atoms with E-state index in [4.69, 9.17) is 9.15 Å². The lowest BCUT2D eigenvalue weighted by Gasteiger charge is -2.36. The van der Waals surface area contributed by atoms with Crippen LogP contribution in [0, 0.1) is 5.92 Å². The van der Waals surface area contributed by atoms with E-state index in [9.17, 15) is 14.4 Å². The number of piperazine rings is 1. The molecule has 1 fully saturated rings. The summed E-state index contributed by atoms with van der Waals surface area (Å²) in [5, 5.41) is 2.80. The fourth-order valence-corrected chi connectivity index (χ4v) is 3.35. The molecule has 1 N–H and O–H groups in total. The monoisotopic (exact) mass is 427 g/mol. The third kappa shape index (κ3) is 6.34. The van der Waals surface area contributed by atoms with E-state index in [1.807, 2.05) is 44.2 Å². The Kier molecular flexibility index (Phi) is 7.70. The molecule has 0 spiro atoms. The Bertz CT molecular complexity index is 859. The second-order valence-corrected chi connectivity index (χ2v) is 7.98. The van der Waals surface area contributed by atoms with Crippen LogP contribution >= 0.6 is 0 Å². The predicted octanol–water partition coefficient (Wildman–Crippen LogP) is 2.56. The average molecular weight is 428 g/mol. The summed E-state index contributed by atoms with van der Waals surface area (Å²) >= 11 is 0. The molecule has 3 rings (SSSR count). The maximum Gasteiger partial charge on any atom is 0.409 e. The van der Waals surface area contributed by atoms with E-state index >= 15 is 0 Å². The molecule has 31 heavy (non-hydrogen) atoms. The van der Waals surface area contributed by atoms with Crippen LogP contribution in [-0.2, 0) is 16.0 Å². The highest BCUT2D eigenvalue weighted by atomic mass is 16.6. The van der Waals surface area contributed by atoms with Gasteiger partial charge in [0.25, 0.3) is 5.91 Å². The van der Waals surface area contributed by atoms with Crippen LogP contribution in [0.4, 0.5) is 4.79 Å². The van der Waals surface area contributed by atoms with E-state index in [1.54, 1.807) is 21.9 Å². The van der Waals surface area contributed by atoms with Gasteiger partial charge in [-0.1, -0.05) is 44.2 Å². The standard InChI is InChI=1S/C23H29N3O5/c1-17(2)16-31-23(29)26-12-10-25(11-13-26)22(28)19(15-18-7-4-3-5-8-18)24-21(27)20-9-6-14-30-20/h3-9,14,17,19H,10-13,15-16H2,1-2H3,(H,24,27). The number of hydrogen-bond acceptors (Lipinski definition) is 5. The molecule has 2 heterocycles. The third-order valence-electron chi connectivity index (χ3n) is 5.02. The van der Waals surface area contributed by atoms with Gasteiger partial charge in [-0.05, 0) is 23.6 Å². The Morgan fingerprint density at radius 3 is 2.29 bits per heavy atom. The second kappa shape index (κ2) is 10.7. The summed E-state index contributed by atoms with van der Waals surface area (Å²) in [7, 11) is 0. The molecule has 1 aliphatic rings. The quantitative estimate of drug-likeness (QED) is 0.733. The maximum atomic E-state index is 13.2. The zero-order chi connectivity index (χ0) is 22.2. The maximum absolute atomic E-state index is 13.2. The average Bonchev–Trinajstić information content (AvgIpc) is 3.32. The molecule has 3 amide bonds. The largest absolute Gasteiger partial charge is 0.459 e. The molecule has 1 atom stereocenters. The summed E-state index contributed by atoms with van der Waals surface area (Å²) in [5.74, 6) is -0.193. The smallest absolute Gasteiger partial charge is 0.409 e. The van der Waals surface area contributed by atoms with Gasteiger partial charge in [0.2, 0.25) is 5.91 Å². The third-order valence-corrected chi connectivity index (χ3v) is 5.02. The summed E-state index contributed by atoms with van der Waals surface area (Å²) < 4.78 is 10.4. The van der Waals surface area contributed by atoms with Crippen molar-refractivity contribution in [2.24, 2.45) is 5.92 Å². The Morgan fingerprint density at radius 2 is 1.68 bits per heavy atom. The minimum Gasteiger partial charge on any atom is -0.459 e. The van der Waals surface area contributed by atoms with Crippen LogP contribution in [0.15, 0.2) is 53.1 Å². The Balaban J connectivity index is 1.63. The van der Waals surface area contributed by atoms with Crippen molar-refractivity contribution in [3.8, 4) is 0 Å². The van der Waals surface area contributed by atoms with Crippen molar-refractivity contribution in [1.29, 1.82) is 0 Å². The van der Waals surface area contributed by atoms with E-state index in [1.165, 1.54) is 6.26 Å². The van der Waals surface area contributed by atoms with Gasteiger partial charge in [-0.25, -0.2) is 4.79 Å². The van der Waals surface area contributed by atoms with Gasteiger partial charge in [-0.15, -0.1) is 0 Å². The number of benzene rings is 1. The minimum atomic E-state index is -0.737. The van der Waals surface area contributed by atoms with Gasteiger partial charge in [0.15, 0.2) is 5.76 Å². The first kappa shape index (κ1) is 22.4. The van der Waals surface area contributed by atoms with Crippen molar-refractivity contribution >= 4 is 17.9 Å². The first-order valence-electron chi connectivity index (χ1n) is 10.5. The summed E-state index contributed by atoms with van der Waals surface area (Å²) in [4.78, 5) is 41.2. The molecule has 2 aromatic rings. The fourth-order valence-electron chi connectivity index (χ4n) is 3.35. The normalized spacial score (nSPS) is 14.9. The van der Waals surface area contributed by atoms with Crippen LogP contribution in [0.2, 0.25) is 0 Å². The number of furan rings is 1. The van der Waals surface area contributed by atoms with Gasteiger partial charge in [0.1, 0.15) is 6.04 Å². The highest BCUT2D eigenvalue weighted by Crippen LogP contribution is 2.11. The zero-order valence-electron chi connectivity index (χ0n) is 18.0. The second-order valence-electron chi connectivity index (χ2n) is 7.98. The molecule has 1 unspecified atom stereocenters. The van der Waals surface area contributed by atoms with Crippen LogP contribution in [0.25, 0.3) is 0 Å². The topological polar surface area (TPSA) is 92.1 Å². The fraction of sp³-hybridized carbons (Fsp3) is 0.435. The molecule has 1 saturated heterocycles. The van der Waals surface area contributed by atoms with E-state index in [0.717, 1.165) is 5.56 Å². The zero-order valence-corrected chi connectivity index (χ0v) is 18.0. The van der Waals surface area contributed by atoms with Crippen molar-refractivity contribution in [3.63, 3.8) is 0 Å². The summed E-state index contributed by atoms with van der Waals surface area (Å²) in [6, 6.07) is 12.0. The number of ether oxygens (including phenoxy) is 1. The number of hydrogen-bond donors (Lipinski definition) is 1. The van der Waals surface area contributed by atoms with Crippen molar-refractivity contribution in [3.05, 3.63) is 60.1 Å². The molecule has 0 radical (unpaired) electrons. The Hall–Kier alpha value is -3.29. The van der Waals surface area contributed by atoms with Gasteiger partial charge < -0.3 is 24.3 Å². The van der Waals surface area contributed by atoms with E-state index in [0.29, 0.717) is 39.2 Å². The van der Waals surface area contributed by atoms with Crippen LogP contribution in [-0.4, -0.2) is 66.5 Å². The number of amides is 3. The lowest BCUT2D eigenvalue weighted by atomic mass is 10.0. The van der Waals surface area contributed by atoms with Crippen molar-refractivity contribution in [2.75, 3.05) is 32.8 Å². The number of rotatable bonds is 7. The van der Waals surface area contributed by atoms with Gasteiger partial charge in [-0.2, -0.15) is 0 Å². The molecule has 1 aliphatic heterocycles. The first-order valence-corrected chi connectivity index (χ1v) is 10.5. The summed E-state index contributed by atoms with van der Waals surface area (Å²) in [6.45, 7) is 5.90. The lowest BCUT2D eigenvalue weighted by Crippen LogP contribution is -2.56. The van der Waals surface area contributed by atoms with Gasteiger partial charge in [0, 0.05) is 32.6 Å². The summed E-state index contributed by atoms with van der Waals surface area (Å²) in [6.07, 6.45) is 1.43. The molecule has 0 bridgehead atoms. The SMILES string of the molecule is CC(C)COC(=O)N1CCN(C(=O)C(Cc2ccccc2)NC(=O)c2ccco2)CC1. The number of carbonyl (C=O) groups is 3. The van der Waals surface area contributed by atoms with Crippen LogP contribution in [0.3, 0.4) is 0 Å². The molecule has 8 heteroatoms. The molecule has 166 valence electrons.